The van der Waals surface area contributed by atoms with Gasteiger partial charge in [-0.3, -0.25) is 0 Å². The van der Waals surface area contributed by atoms with Crippen molar-refractivity contribution in [1.82, 2.24) is 0 Å². The first-order valence-electron chi connectivity index (χ1n) is 3.72. The quantitative estimate of drug-likeness (QED) is 0.789. The summed E-state index contributed by atoms with van der Waals surface area (Å²) in [4.78, 5) is 0. The van der Waals surface area contributed by atoms with E-state index in [4.69, 9.17) is 22.6 Å². The standard InChI is InChI=1S/C9H8ClFN2/c10-8-4-6(1-2-9(8)11)3-7(13)5-12/h1-2,4,7H,3,13H2. The fourth-order valence-corrected chi connectivity index (χ4v) is 1.17. The maximum absolute atomic E-state index is 12.7. The van der Waals surface area contributed by atoms with Gasteiger partial charge in [0.2, 0.25) is 0 Å². The highest BCUT2D eigenvalue weighted by Gasteiger charge is 2.04. The second-order valence-electron chi connectivity index (χ2n) is 2.69. The maximum Gasteiger partial charge on any atom is 0.141 e. The van der Waals surface area contributed by atoms with E-state index in [1.165, 1.54) is 12.1 Å². The van der Waals surface area contributed by atoms with Gasteiger partial charge in [-0.2, -0.15) is 5.26 Å². The Labute approximate surface area is 80.7 Å². The minimum absolute atomic E-state index is 0.0580. The summed E-state index contributed by atoms with van der Waals surface area (Å²) in [6, 6.07) is 5.63. The molecule has 0 aromatic heterocycles. The summed E-state index contributed by atoms with van der Waals surface area (Å²) < 4.78 is 12.7. The van der Waals surface area contributed by atoms with Crippen LogP contribution in [0.2, 0.25) is 5.02 Å². The Morgan fingerprint density at radius 3 is 2.85 bits per heavy atom. The van der Waals surface area contributed by atoms with E-state index in [-0.39, 0.29) is 5.02 Å². The molecule has 0 saturated heterocycles. The van der Waals surface area contributed by atoms with E-state index in [0.29, 0.717) is 6.42 Å². The molecule has 4 heteroatoms. The Kier molecular flexibility index (Phi) is 3.24. The first kappa shape index (κ1) is 9.97. The highest BCUT2D eigenvalue weighted by Crippen LogP contribution is 2.16. The van der Waals surface area contributed by atoms with Gasteiger partial charge in [0.05, 0.1) is 17.1 Å². The minimum atomic E-state index is -0.568. The van der Waals surface area contributed by atoms with Crippen molar-refractivity contribution in [2.75, 3.05) is 0 Å². The number of benzene rings is 1. The Bertz CT molecular complexity index is 346. The number of nitriles is 1. The molecular weight excluding hydrogens is 191 g/mol. The summed E-state index contributed by atoms with van der Waals surface area (Å²) in [6.07, 6.45) is 0.385. The van der Waals surface area contributed by atoms with Gasteiger partial charge in [-0.25, -0.2) is 4.39 Å². The monoisotopic (exact) mass is 198 g/mol. The van der Waals surface area contributed by atoms with E-state index < -0.39 is 11.9 Å². The Hall–Kier alpha value is -1.11. The fourth-order valence-electron chi connectivity index (χ4n) is 0.966. The average molecular weight is 199 g/mol. The molecule has 0 fully saturated rings. The third kappa shape index (κ3) is 2.69. The highest BCUT2D eigenvalue weighted by molar-refractivity contribution is 6.30. The SMILES string of the molecule is N#CC(N)Cc1ccc(F)c(Cl)c1. The van der Waals surface area contributed by atoms with Crippen LogP contribution in [-0.4, -0.2) is 6.04 Å². The number of hydrogen-bond donors (Lipinski definition) is 1. The molecule has 0 amide bonds. The summed E-state index contributed by atoms with van der Waals surface area (Å²) in [7, 11) is 0. The van der Waals surface area contributed by atoms with E-state index in [0.717, 1.165) is 5.56 Å². The molecule has 0 spiro atoms. The van der Waals surface area contributed by atoms with Gasteiger partial charge in [-0.15, -0.1) is 0 Å². The summed E-state index contributed by atoms with van der Waals surface area (Å²) in [6.45, 7) is 0. The van der Waals surface area contributed by atoms with E-state index in [1.54, 1.807) is 6.07 Å². The molecule has 1 aromatic rings. The molecule has 1 atom stereocenters. The van der Waals surface area contributed by atoms with Crippen molar-refractivity contribution < 1.29 is 4.39 Å². The lowest BCUT2D eigenvalue weighted by atomic mass is 10.1. The van der Waals surface area contributed by atoms with Gasteiger partial charge >= 0.3 is 0 Å². The van der Waals surface area contributed by atoms with Gasteiger partial charge in [0, 0.05) is 6.42 Å². The minimum Gasteiger partial charge on any atom is -0.316 e. The first-order valence-corrected chi connectivity index (χ1v) is 4.10. The topological polar surface area (TPSA) is 49.8 Å². The molecule has 1 rings (SSSR count). The molecule has 68 valence electrons. The van der Waals surface area contributed by atoms with Crippen LogP contribution in [0.3, 0.4) is 0 Å². The van der Waals surface area contributed by atoms with Crippen LogP contribution in [-0.2, 0) is 6.42 Å². The van der Waals surface area contributed by atoms with E-state index in [1.807, 2.05) is 6.07 Å². The van der Waals surface area contributed by atoms with Gasteiger partial charge in [0.15, 0.2) is 0 Å². The van der Waals surface area contributed by atoms with Crippen LogP contribution in [0.15, 0.2) is 18.2 Å². The van der Waals surface area contributed by atoms with Crippen molar-refractivity contribution in [3.8, 4) is 6.07 Å². The first-order chi connectivity index (χ1) is 6.13. The molecule has 1 aromatic carbocycles. The molecule has 0 heterocycles. The average Bonchev–Trinajstić information content (AvgIpc) is 2.11. The van der Waals surface area contributed by atoms with Crippen molar-refractivity contribution in [2.45, 2.75) is 12.5 Å². The molecule has 13 heavy (non-hydrogen) atoms. The Morgan fingerprint density at radius 2 is 2.31 bits per heavy atom. The number of nitrogens with two attached hydrogens (primary N) is 1. The van der Waals surface area contributed by atoms with Crippen molar-refractivity contribution >= 4 is 11.6 Å². The molecule has 0 aliphatic rings. The molecule has 2 nitrogen and oxygen atoms in total. The van der Waals surface area contributed by atoms with Gasteiger partial charge in [0.25, 0.3) is 0 Å². The van der Waals surface area contributed by atoms with Crippen LogP contribution < -0.4 is 5.73 Å². The van der Waals surface area contributed by atoms with Crippen LogP contribution in [0.25, 0.3) is 0 Å². The fraction of sp³-hybridized carbons (Fsp3) is 0.222. The summed E-state index contributed by atoms with van der Waals surface area (Å²) in [5.74, 6) is -0.462. The third-order valence-electron chi connectivity index (χ3n) is 1.61. The summed E-state index contributed by atoms with van der Waals surface area (Å²) in [5.41, 5.74) is 6.16. The number of halogens is 2. The van der Waals surface area contributed by atoms with Crippen LogP contribution in [0.1, 0.15) is 5.56 Å². The van der Waals surface area contributed by atoms with Crippen LogP contribution in [0.4, 0.5) is 4.39 Å². The van der Waals surface area contributed by atoms with Gasteiger partial charge in [-0.1, -0.05) is 17.7 Å². The lowest BCUT2D eigenvalue weighted by molar-refractivity contribution is 0.627. The van der Waals surface area contributed by atoms with Gasteiger partial charge in [-0.05, 0) is 17.7 Å². The second-order valence-corrected chi connectivity index (χ2v) is 3.10. The molecule has 0 aliphatic heterocycles. The summed E-state index contributed by atoms with van der Waals surface area (Å²) >= 11 is 5.54. The summed E-state index contributed by atoms with van der Waals surface area (Å²) in [5, 5.41) is 8.50. The van der Waals surface area contributed by atoms with E-state index in [9.17, 15) is 4.39 Å². The van der Waals surface area contributed by atoms with E-state index >= 15 is 0 Å². The zero-order valence-electron chi connectivity index (χ0n) is 6.80. The number of hydrogen-bond acceptors (Lipinski definition) is 2. The smallest absolute Gasteiger partial charge is 0.141 e. The van der Waals surface area contributed by atoms with Gasteiger partial charge < -0.3 is 5.73 Å². The predicted octanol–water partition coefficient (Wildman–Crippen LogP) is 1.87. The molecule has 0 aliphatic carbocycles. The predicted molar refractivity (Wildman–Crippen MR) is 48.7 cm³/mol. The van der Waals surface area contributed by atoms with Crippen molar-refractivity contribution in [3.05, 3.63) is 34.6 Å². The van der Waals surface area contributed by atoms with Crippen LogP contribution in [0.5, 0.6) is 0 Å². The van der Waals surface area contributed by atoms with Gasteiger partial charge in [0.1, 0.15) is 5.82 Å². The Morgan fingerprint density at radius 1 is 1.62 bits per heavy atom. The Balaban J connectivity index is 2.81. The molecule has 1 unspecified atom stereocenters. The molecule has 0 bridgehead atoms. The molecule has 2 N–H and O–H groups in total. The van der Waals surface area contributed by atoms with Crippen molar-refractivity contribution in [3.63, 3.8) is 0 Å². The maximum atomic E-state index is 12.7. The largest absolute Gasteiger partial charge is 0.316 e. The second kappa shape index (κ2) is 4.22. The van der Waals surface area contributed by atoms with Crippen molar-refractivity contribution in [2.24, 2.45) is 5.73 Å². The number of rotatable bonds is 2. The third-order valence-corrected chi connectivity index (χ3v) is 1.90. The number of nitrogens with zero attached hydrogens (tertiary/aromatic N) is 1. The van der Waals surface area contributed by atoms with Crippen molar-refractivity contribution in [1.29, 1.82) is 5.26 Å². The zero-order chi connectivity index (χ0) is 9.84. The normalized spacial score (nSPS) is 12.2. The molecule has 0 saturated carbocycles. The lowest BCUT2D eigenvalue weighted by Crippen LogP contribution is -2.19. The zero-order valence-corrected chi connectivity index (χ0v) is 7.55. The van der Waals surface area contributed by atoms with Crippen LogP contribution >= 0.6 is 11.6 Å². The highest BCUT2D eigenvalue weighted by atomic mass is 35.5. The van der Waals surface area contributed by atoms with Crippen LogP contribution in [0, 0.1) is 17.1 Å². The molecule has 0 radical (unpaired) electrons. The van der Waals surface area contributed by atoms with E-state index in [2.05, 4.69) is 0 Å². The lowest BCUT2D eigenvalue weighted by Gasteiger charge is -2.03. The molecular formula is C9H8ClFN2.